The standard InChI is InChI=1S/C10H5N4/c11-6-9-8(2-1-3-13-9)10-7-12-4-5-14-10/h1-4,7H. The lowest BCUT2D eigenvalue weighted by molar-refractivity contribution is 1.17. The molecule has 0 aliphatic rings. The van der Waals surface area contributed by atoms with E-state index >= 15 is 0 Å². The Labute approximate surface area is 80.9 Å². The van der Waals surface area contributed by atoms with Crippen molar-refractivity contribution in [3.63, 3.8) is 0 Å². The molecule has 4 nitrogen and oxygen atoms in total. The maximum absolute atomic E-state index is 8.81. The van der Waals surface area contributed by atoms with Gasteiger partial charge in [0.25, 0.3) is 0 Å². The Balaban J connectivity index is 2.58. The van der Waals surface area contributed by atoms with Crippen LogP contribution in [0.15, 0.2) is 30.7 Å². The Kier molecular flexibility index (Phi) is 2.15. The number of nitrogens with zero attached hydrogens (tertiary/aromatic N) is 4. The van der Waals surface area contributed by atoms with E-state index in [1.165, 1.54) is 6.20 Å². The molecule has 4 heteroatoms. The molecular weight excluding hydrogens is 176 g/mol. The zero-order chi connectivity index (χ0) is 9.80. The fraction of sp³-hybridized carbons (Fsp3) is 0. The molecule has 0 aromatic carbocycles. The lowest BCUT2D eigenvalue weighted by Crippen LogP contribution is -1.90. The highest BCUT2D eigenvalue weighted by Gasteiger charge is 2.05. The number of nitriles is 1. The van der Waals surface area contributed by atoms with E-state index in [9.17, 15) is 0 Å². The maximum atomic E-state index is 8.81. The Morgan fingerprint density at radius 2 is 2.36 bits per heavy atom. The summed E-state index contributed by atoms with van der Waals surface area (Å²) in [4.78, 5) is 11.8. The van der Waals surface area contributed by atoms with Crippen LogP contribution in [0.25, 0.3) is 11.3 Å². The number of hydrogen-bond donors (Lipinski definition) is 0. The SMILES string of the molecule is N#Cc1ncccc1-c1cnc[c]n1. The van der Waals surface area contributed by atoms with E-state index in [1.54, 1.807) is 24.5 Å². The molecular formula is C10H5N4. The van der Waals surface area contributed by atoms with Gasteiger partial charge in [0.05, 0.1) is 18.1 Å². The predicted molar refractivity (Wildman–Crippen MR) is 48.8 cm³/mol. The number of aromatic nitrogens is 3. The Bertz CT molecular complexity index is 473. The van der Waals surface area contributed by atoms with Gasteiger partial charge in [-0.3, -0.25) is 4.98 Å². The van der Waals surface area contributed by atoms with Gasteiger partial charge in [-0.25, -0.2) is 9.97 Å². The van der Waals surface area contributed by atoms with Crippen molar-refractivity contribution in [1.29, 1.82) is 5.26 Å². The lowest BCUT2D eigenvalue weighted by Gasteiger charge is -1.99. The average Bonchev–Trinajstić information content (AvgIpc) is 2.30. The Morgan fingerprint density at radius 3 is 3.07 bits per heavy atom. The van der Waals surface area contributed by atoms with E-state index in [2.05, 4.69) is 21.1 Å². The molecule has 2 heterocycles. The summed E-state index contributed by atoms with van der Waals surface area (Å²) in [6.07, 6.45) is 7.23. The molecule has 0 saturated carbocycles. The van der Waals surface area contributed by atoms with Crippen molar-refractivity contribution < 1.29 is 0 Å². The van der Waals surface area contributed by atoms with Crippen molar-refractivity contribution in [2.24, 2.45) is 0 Å². The van der Waals surface area contributed by atoms with Crippen LogP contribution in [0.5, 0.6) is 0 Å². The molecule has 0 bridgehead atoms. The molecule has 65 valence electrons. The molecule has 0 unspecified atom stereocenters. The minimum atomic E-state index is 0.349. The highest BCUT2D eigenvalue weighted by atomic mass is 14.8. The smallest absolute Gasteiger partial charge is 0.149 e. The van der Waals surface area contributed by atoms with E-state index in [4.69, 9.17) is 5.26 Å². The first-order chi connectivity index (χ1) is 6.92. The minimum absolute atomic E-state index is 0.349. The highest BCUT2D eigenvalue weighted by molar-refractivity contribution is 5.63. The molecule has 0 fully saturated rings. The van der Waals surface area contributed by atoms with Crippen molar-refractivity contribution in [1.82, 2.24) is 15.0 Å². The first kappa shape index (κ1) is 8.32. The average molecular weight is 181 g/mol. The van der Waals surface area contributed by atoms with Gasteiger partial charge in [0.1, 0.15) is 18.0 Å². The second kappa shape index (κ2) is 3.62. The zero-order valence-electron chi connectivity index (χ0n) is 7.18. The van der Waals surface area contributed by atoms with Crippen LogP contribution in [0.3, 0.4) is 0 Å². The van der Waals surface area contributed by atoms with Gasteiger partial charge in [-0.15, -0.1) is 0 Å². The molecule has 2 rings (SSSR count). The third-order valence-electron chi connectivity index (χ3n) is 1.70. The lowest BCUT2D eigenvalue weighted by atomic mass is 10.1. The van der Waals surface area contributed by atoms with E-state index in [-0.39, 0.29) is 0 Å². The van der Waals surface area contributed by atoms with E-state index in [1.807, 2.05) is 6.07 Å². The summed E-state index contributed by atoms with van der Waals surface area (Å²) in [6, 6.07) is 5.54. The topological polar surface area (TPSA) is 62.5 Å². The molecule has 1 radical (unpaired) electrons. The molecule has 0 atom stereocenters. The van der Waals surface area contributed by atoms with Crippen molar-refractivity contribution in [2.45, 2.75) is 0 Å². The summed E-state index contributed by atoms with van der Waals surface area (Å²) in [6.45, 7) is 0. The molecule has 0 saturated heterocycles. The third kappa shape index (κ3) is 1.43. The molecule has 2 aromatic rings. The van der Waals surface area contributed by atoms with Crippen LogP contribution in [-0.2, 0) is 0 Å². The summed E-state index contributed by atoms with van der Waals surface area (Å²) in [7, 11) is 0. The van der Waals surface area contributed by atoms with Gasteiger partial charge in [0.2, 0.25) is 0 Å². The normalized spacial score (nSPS) is 9.36. The Hall–Kier alpha value is -2.28. The first-order valence-corrected chi connectivity index (χ1v) is 3.95. The van der Waals surface area contributed by atoms with E-state index < -0.39 is 0 Å². The summed E-state index contributed by atoms with van der Waals surface area (Å²) in [5.41, 5.74) is 1.64. The minimum Gasteiger partial charge on any atom is -0.260 e. The summed E-state index contributed by atoms with van der Waals surface area (Å²) < 4.78 is 0. The molecule has 2 aromatic heterocycles. The highest BCUT2D eigenvalue weighted by Crippen LogP contribution is 2.17. The second-order valence-electron chi connectivity index (χ2n) is 2.54. The molecule has 0 N–H and O–H groups in total. The van der Waals surface area contributed by atoms with Crippen molar-refractivity contribution in [3.8, 4) is 17.3 Å². The summed E-state index contributed by atoms with van der Waals surface area (Å²) in [5, 5.41) is 8.81. The Morgan fingerprint density at radius 1 is 1.43 bits per heavy atom. The second-order valence-corrected chi connectivity index (χ2v) is 2.54. The van der Waals surface area contributed by atoms with Gasteiger partial charge in [0.15, 0.2) is 0 Å². The van der Waals surface area contributed by atoms with Gasteiger partial charge in [-0.2, -0.15) is 5.26 Å². The molecule has 0 aliphatic heterocycles. The summed E-state index contributed by atoms with van der Waals surface area (Å²) >= 11 is 0. The van der Waals surface area contributed by atoms with Crippen molar-refractivity contribution >= 4 is 0 Å². The summed E-state index contributed by atoms with van der Waals surface area (Å²) in [5.74, 6) is 0. The van der Waals surface area contributed by atoms with Crippen LogP contribution in [0.1, 0.15) is 5.69 Å². The largest absolute Gasteiger partial charge is 0.260 e. The van der Waals surface area contributed by atoms with Crippen LogP contribution in [-0.4, -0.2) is 15.0 Å². The quantitative estimate of drug-likeness (QED) is 0.663. The number of pyridine rings is 1. The van der Waals surface area contributed by atoms with Crippen LogP contribution in [0.2, 0.25) is 0 Å². The van der Waals surface area contributed by atoms with Gasteiger partial charge in [0, 0.05) is 11.8 Å². The monoisotopic (exact) mass is 181 g/mol. The first-order valence-electron chi connectivity index (χ1n) is 3.95. The number of hydrogen-bond acceptors (Lipinski definition) is 4. The van der Waals surface area contributed by atoms with E-state index in [0.717, 1.165) is 0 Å². The van der Waals surface area contributed by atoms with Gasteiger partial charge < -0.3 is 0 Å². The van der Waals surface area contributed by atoms with Gasteiger partial charge in [-0.05, 0) is 12.1 Å². The van der Waals surface area contributed by atoms with Crippen molar-refractivity contribution in [2.75, 3.05) is 0 Å². The van der Waals surface area contributed by atoms with Crippen LogP contribution in [0.4, 0.5) is 0 Å². The molecule has 14 heavy (non-hydrogen) atoms. The fourth-order valence-electron chi connectivity index (χ4n) is 1.10. The van der Waals surface area contributed by atoms with Crippen molar-refractivity contribution in [3.05, 3.63) is 42.6 Å². The van der Waals surface area contributed by atoms with Gasteiger partial charge >= 0.3 is 0 Å². The fourth-order valence-corrected chi connectivity index (χ4v) is 1.10. The predicted octanol–water partition coefficient (Wildman–Crippen LogP) is 1.21. The molecule has 0 aliphatic carbocycles. The van der Waals surface area contributed by atoms with Gasteiger partial charge in [-0.1, -0.05) is 0 Å². The van der Waals surface area contributed by atoms with Crippen LogP contribution in [0, 0.1) is 17.5 Å². The molecule has 0 spiro atoms. The zero-order valence-corrected chi connectivity index (χ0v) is 7.18. The number of rotatable bonds is 1. The van der Waals surface area contributed by atoms with Crippen LogP contribution < -0.4 is 0 Å². The van der Waals surface area contributed by atoms with Crippen LogP contribution >= 0.6 is 0 Å². The third-order valence-corrected chi connectivity index (χ3v) is 1.70. The van der Waals surface area contributed by atoms with E-state index in [0.29, 0.717) is 17.0 Å². The maximum Gasteiger partial charge on any atom is 0.149 e. The molecule has 0 amide bonds.